The van der Waals surface area contributed by atoms with E-state index in [1.54, 1.807) is 12.3 Å². The molecule has 94 valence electrons. The second-order valence-electron chi connectivity index (χ2n) is 4.34. The molecule has 17 heavy (non-hydrogen) atoms. The van der Waals surface area contributed by atoms with Crippen LogP contribution in [0, 0.1) is 5.92 Å². The van der Waals surface area contributed by atoms with Gasteiger partial charge in [0.2, 0.25) is 5.88 Å². The van der Waals surface area contributed by atoms with E-state index in [4.69, 9.17) is 15.2 Å². The van der Waals surface area contributed by atoms with Gasteiger partial charge in [0.1, 0.15) is 6.10 Å². The average molecular weight is 237 g/mol. The molecule has 0 aliphatic heterocycles. The molecule has 1 aliphatic rings. The first-order chi connectivity index (χ1) is 8.31. The van der Waals surface area contributed by atoms with Gasteiger partial charge in [0.25, 0.3) is 0 Å². The molecule has 0 atom stereocenters. The molecule has 0 amide bonds. The van der Waals surface area contributed by atoms with Crippen LogP contribution in [0.5, 0.6) is 11.9 Å². The van der Waals surface area contributed by atoms with Gasteiger partial charge in [-0.25, -0.2) is 4.98 Å². The molecule has 1 fully saturated rings. The molecule has 1 heterocycles. The number of nitrogens with zero attached hydrogens (tertiary/aromatic N) is 2. The molecule has 2 rings (SSSR count). The molecule has 1 aromatic heterocycles. The summed E-state index contributed by atoms with van der Waals surface area (Å²) in [6, 6.07) is 2.14. The quantitative estimate of drug-likeness (QED) is 0.809. The number of ether oxygens (including phenoxy) is 2. The van der Waals surface area contributed by atoms with Crippen LogP contribution in [0.25, 0.3) is 0 Å². The van der Waals surface area contributed by atoms with E-state index < -0.39 is 0 Å². The lowest BCUT2D eigenvalue weighted by molar-refractivity contribution is 0.0595. The van der Waals surface area contributed by atoms with Crippen LogP contribution in [-0.4, -0.2) is 29.2 Å². The molecule has 0 bridgehead atoms. The van der Waals surface area contributed by atoms with Crippen molar-refractivity contribution in [1.82, 2.24) is 9.97 Å². The summed E-state index contributed by atoms with van der Waals surface area (Å²) in [5.74, 6) is 1.17. The Morgan fingerprint density at radius 2 is 2.29 bits per heavy atom. The molecule has 5 heteroatoms. The third-order valence-corrected chi connectivity index (χ3v) is 2.86. The van der Waals surface area contributed by atoms with Crippen LogP contribution in [-0.2, 0) is 0 Å². The van der Waals surface area contributed by atoms with Gasteiger partial charge in [-0.15, -0.1) is 0 Å². The molecular formula is C12H19N3O2. The zero-order valence-electron chi connectivity index (χ0n) is 10.1. The Kier molecular flexibility index (Phi) is 4.14. The minimum Gasteiger partial charge on any atom is -0.478 e. The van der Waals surface area contributed by atoms with E-state index in [1.165, 1.54) is 0 Å². The molecule has 0 aromatic carbocycles. The molecular weight excluding hydrogens is 218 g/mol. The SMILES string of the molecule is CCCOc1ccnc(OC2CC(CN)C2)n1. The van der Waals surface area contributed by atoms with Crippen LogP contribution in [0.1, 0.15) is 26.2 Å². The van der Waals surface area contributed by atoms with Crippen molar-refractivity contribution in [2.45, 2.75) is 32.3 Å². The van der Waals surface area contributed by atoms with Crippen molar-refractivity contribution in [2.75, 3.05) is 13.2 Å². The van der Waals surface area contributed by atoms with E-state index in [-0.39, 0.29) is 6.10 Å². The highest BCUT2D eigenvalue weighted by Crippen LogP contribution is 2.29. The van der Waals surface area contributed by atoms with E-state index in [0.29, 0.717) is 24.4 Å². The largest absolute Gasteiger partial charge is 0.478 e. The van der Waals surface area contributed by atoms with Crippen LogP contribution >= 0.6 is 0 Å². The van der Waals surface area contributed by atoms with Gasteiger partial charge in [-0.05, 0) is 31.7 Å². The summed E-state index contributed by atoms with van der Waals surface area (Å²) in [5, 5.41) is 0. The molecule has 0 saturated heterocycles. The van der Waals surface area contributed by atoms with Crippen molar-refractivity contribution in [3.63, 3.8) is 0 Å². The van der Waals surface area contributed by atoms with Gasteiger partial charge in [-0.3, -0.25) is 0 Å². The van der Waals surface area contributed by atoms with Crippen LogP contribution in [0.2, 0.25) is 0 Å². The summed E-state index contributed by atoms with van der Waals surface area (Å²) in [5.41, 5.74) is 5.56. The Bertz CT molecular complexity index is 353. The molecule has 0 radical (unpaired) electrons. The van der Waals surface area contributed by atoms with Crippen molar-refractivity contribution in [1.29, 1.82) is 0 Å². The van der Waals surface area contributed by atoms with Crippen LogP contribution in [0.3, 0.4) is 0 Å². The van der Waals surface area contributed by atoms with Crippen molar-refractivity contribution in [2.24, 2.45) is 11.7 Å². The molecule has 2 N–H and O–H groups in total. The average Bonchev–Trinajstić information content (AvgIpc) is 2.31. The highest BCUT2D eigenvalue weighted by molar-refractivity contribution is 5.11. The van der Waals surface area contributed by atoms with Crippen molar-refractivity contribution in [3.8, 4) is 11.9 Å². The van der Waals surface area contributed by atoms with E-state index in [0.717, 1.165) is 25.8 Å². The summed E-state index contributed by atoms with van der Waals surface area (Å²) < 4.78 is 11.1. The minimum absolute atomic E-state index is 0.213. The number of hydrogen-bond acceptors (Lipinski definition) is 5. The predicted octanol–water partition coefficient (Wildman–Crippen LogP) is 1.38. The number of rotatable bonds is 6. The Labute approximate surface area is 101 Å². The molecule has 1 saturated carbocycles. The number of aromatic nitrogens is 2. The summed E-state index contributed by atoms with van der Waals surface area (Å²) in [7, 11) is 0. The lowest BCUT2D eigenvalue weighted by Crippen LogP contribution is -2.38. The maximum atomic E-state index is 5.65. The van der Waals surface area contributed by atoms with Crippen LogP contribution < -0.4 is 15.2 Å². The van der Waals surface area contributed by atoms with Gasteiger partial charge >= 0.3 is 6.01 Å². The molecule has 0 spiro atoms. The van der Waals surface area contributed by atoms with Gasteiger partial charge in [0, 0.05) is 12.3 Å². The number of nitrogens with two attached hydrogens (primary N) is 1. The third kappa shape index (κ3) is 3.30. The van der Waals surface area contributed by atoms with E-state index in [2.05, 4.69) is 16.9 Å². The van der Waals surface area contributed by atoms with Gasteiger partial charge in [0.15, 0.2) is 0 Å². The first-order valence-corrected chi connectivity index (χ1v) is 6.14. The van der Waals surface area contributed by atoms with Crippen molar-refractivity contribution >= 4 is 0 Å². The molecule has 1 aromatic rings. The zero-order chi connectivity index (χ0) is 12.1. The summed E-state index contributed by atoms with van der Waals surface area (Å²) in [6.07, 6.45) is 4.83. The standard InChI is InChI=1S/C12H19N3O2/c1-2-5-16-11-3-4-14-12(15-11)17-10-6-9(7-10)8-13/h3-4,9-10H,2,5-8,13H2,1H3. The van der Waals surface area contributed by atoms with E-state index in [9.17, 15) is 0 Å². The molecule has 1 aliphatic carbocycles. The second-order valence-corrected chi connectivity index (χ2v) is 4.34. The smallest absolute Gasteiger partial charge is 0.319 e. The van der Waals surface area contributed by atoms with Crippen molar-refractivity contribution in [3.05, 3.63) is 12.3 Å². The van der Waals surface area contributed by atoms with Crippen molar-refractivity contribution < 1.29 is 9.47 Å². The first-order valence-electron chi connectivity index (χ1n) is 6.14. The fourth-order valence-corrected chi connectivity index (χ4v) is 1.78. The van der Waals surface area contributed by atoms with Crippen LogP contribution in [0.15, 0.2) is 12.3 Å². The Morgan fingerprint density at radius 3 is 3.00 bits per heavy atom. The third-order valence-electron chi connectivity index (χ3n) is 2.86. The zero-order valence-corrected chi connectivity index (χ0v) is 10.1. The maximum absolute atomic E-state index is 5.65. The number of hydrogen-bond donors (Lipinski definition) is 1. The minimum atomic E-state index is 0.213. The summed E-state index contributed by atoms with van der Waals surface area (Å²) in [6.45, 7) is 3.45. The second kappa shape index (κ2) is 5.82. The van der Waals surface area contributed by atoms with Gasteiger partial charge in [0.05, 0.1) is 6.61 Å². The monoisotopic (exact) mass is 237 g/mol. The fourth-order valence-electron chi connectivity index (χ4n) is 1.78. The topological polar surface area (TPSA) is 70.3 Å². The normalized spacial score (nSPS) is 22.9. The van der Waals surface area contributed by atoms with E-state index >= 15 is 0 Å². The summed E-state index contributed by atoms with van der Waals surface area (Å²) >= 11 is 0. The maximum Gasteiger partial charge on any atom is 0.319 e. The van der Waals surface area contributed by atoms with Gasteiger partial charge < -0.3 is 15.2 Å². The first kappa shape index (κ1) is 12.1. The Hall–Kier alpha value is -1.36. The summed E-state index contributed by atoms with van der Waals surface area (Å²) in [4.78, 5) is 8.27. The lowest BCUT2D eigenvalue weighted by atomic mass is 9.82. The van der Waals surface area contributed by atoms with Gasteiger partial charge in [-0.1, -0.05) is 6.92 Å². The Morgan fingerprint density at radius 1 is 1.47 bits per heavy atom. The fraction of sp³-hybridized carbons (Fsp3) is 0.667. The highest BCUT2D eigenvalue weighted by Gasteiger charge is 2.30. The van der Waals surface area contributed by atoms with E-state index in [1.807, 2.05) is 0 Å². The van der Waals surface area contributed by atoms with Crippen LogP contribution in [0.4, 0.5) is 0 Å². The van der Waals surface area contributed by atoms with Gasteiger partial charge in [-0.2, -0.15) is 4.98 Å². The molecule has 0 unspecified atom stereocenters. The Balaban J connectivity index is 1.84. The lowest BCUT2D eigenvalue weighted by Gasteiger charge is -2.33. The molecule has 5 nitrogen and oxygen atoms in total. The predicted molar refractivity (Wildman–Crippen MR) is 64.0 cm³/mol. The highest BCUT2D eigenvalue weighted by atomic mass is 16.5.